The summed E-state index contributed by atoms with van der Waals surface area (Å²) < 4.78 is 4.60. The molecule has 1 radical (unpaired) electrons. The van der Waals surface area contributed by atoms with Gasteiger partial charge in [0, 0.05) is 13.0 Å². The van der Waals surface area contributed by atoms with Gasteiger partial charge in [-0.25, -0.2) is 0 Å². The van der Waals surface area contributed by atoms with Crippen LogP contribution in [0.1, 0.15) is 5.76 Å². The summed E-state index contributed by atoms with van der Waals surface area (Å²) in [5.41, 5.74) is 0. The van der Waals surface area contributed by atoms with E-state index in [9.17, 15) is 0 Å². The van der Waals surface area contributed by atoms with E-state index in [1.165, 1.54) is 12.3 Å². The average molecular weight is 97.1 g/mol. The van der Waals surface area contributed by atoms with Crippen molar-refractivity contribution >= 4 is 0 Å². The Kier molecular flexibility index (Phi) is 0.785. The number of rotatable bonds is 0. The maximum absolute atomic E-state index is 8.60. The molecule has 1 rings (SSSR count). The largest absolute Gasteiger partial charge is 0.504 e. The summed E-state index contributed by atoms with van der Waals surface area (Å²) in [6.07, 6.45) is 1.39. The second-order valence-corrected chi connectivity index (χ2v) is 1.23. The van der Waals surface area contributed by atoms with Gasteiger partial charge in [0.05, 0.1) is 6.26 Å². The fourth-order valence-electron chi connectivity index (χ4n) is 0.334. The third kappa shape index (κ3) is 0.585. The van der Waals surface area contributed by atoms with Gasteiger partial charge in [0.25, 0.3) is 0 Å². The summed E-state index contributed by atoms with van der Waals surface area (Å²) in [4.78, 5) is 0. The molecule has 1 heterocycles. The van der Waals surface area contributed by atoms with E-state index in [4.69, 9.17) is 5.11 Å². The van der Waals surface area contributed by atoms with Crippen molar-refractivity contribution in [2.75, 3.05) is 0 Å². The molecule has 0 aliphatic heterocycles. The van der Waals surface area contributed by atoms with Crippen LogP contribution in [0.4, 0.5) is 0 Å². The van der Waals surface area contributed by atoms with Gasteiger partial charge in [-0.15, -0.1) is 0 Å². The number of furan rings is 1. The van der Waals surface area contributed by atoms with Gasteiger partial charge in [0.15, 0.2) is 5.75 Å². The maximum Gasteiger partial charge on any atom is 0.156 e. The molecule has 0 atom stereocenters. The summed E-state index contributed by atoms with van der Waals surface area (Å²) in [5.74, 6) is 0.431. The molecule has 7 heavy (non-hydrogen) atoms. The van der Waals surface area contributed by atoms with Gasteiger partial charge < -0.3 is 9.52 Å². The Morgan fingerprint density at radius 3 is 2.57 bits per heavy atom. The second kappa shape index (κ2) is 1.30. The Morgan fingerprint density at radius 2 is 2.43 bits per heavy atom. The van der Waals surface area contributed by atoms with Crippen LogP contribution in [0.15, 0.2) is 16.7 Å². The first-order chi connectivity index (χ1) is 3.30. The fourth-order valence-corrected chi connectivity index (χ4v) is 0.334. The van der Waals surface area contributed by atoms with Crippen LogP contribution in [-0.2, 0) is 0 Å². The van der Waals surface area contributed by atoms with Crippen LogP contribution in [0.25, 0.3) is 0 Å². The van der Waals surface area contributed by atoms with E-state index >= 15 is 0 Å². The summed E-state index contributed by atoms with van der Waals surface area (Å²) in [7, 11) is 0. The van der Waals surface area contributed by atoms with Gasteiger partial charge in [-0.3, -0.25) is 0 Å². The Morgan fingerprint density at radius 1 is 1.71 bits per heavy atom. The van der Waals surface area contributed by atoms with Crippen LogP contribution in [0.2, 0.25) is 0 Å². The molecule has 0 saturated carbocycles. The molecule has 0 amide bonds. The van der Waals surface area contributed by atoms with Crippen molar-refractivity contribution in [1.82, 2.24) is 0 Å². The van der Waals surface area contributed by atoms with E-state index in [2.05, 4.69) is 11.3 Å². The number of hydrogen-bond donors (Lipinski definition) is 1. The first-order valence-electron chi connectivity index (χ1n) is 1.89. The van der Waals surface area contributed by atoms with E-state index < -0.39 is 0 Å². The van der Waals surface area contributed by atoms with E-state index in [0.29, 0.717) is 5.76 Å². The molecule has 0 bridgehead atoms. The number of hydrogen-bond acceptors (Lipinski definition) is 2. The van der Waals surface area contributed by atoms with Crippen LogP contribution in [-0.4, -0.2) is 5.11 Å². The Balaban J connectivity index is 3.12. The summed E-state index contributed by atoms with van der Waals surface area (Å²) in [6.45, 7) is 3.36. The molecule has 1 aromatic rings. The van der Waals surface area contributed by atoms with E-state index in [-0.39, 0.29) is 5.75 Å². The standard InChI is InChI=1S/C5H5O2/c1-4-5(6)2-3-7-4/h2-3,6H,1H2. The van der Waals surface area contributed by atoms with E-state index in [1.807, 2.05) is 0 Å². The minimum absolute atomic E-state index is 0.111. The van der Waals surface area contributed by atoms with Gasteiger partial charge in [-0.2, -0.15) is 0 Å². The van der Waals surface area contributed by atoms with Gasteiger partial charge in [0.1, 0.15) is 5.76 Å². The van der Waals surface area contributed by atoms with Crippen molar-refractivity contribution in [3.63, 3.8) is 0 Å². The van der Waals surface area contributed by atoms with Gasteiger partial charge in [-0.1, -0.05) is 0 Å². The molecule has 0 aliphatic carbocycles. The SMILES string of the molecule is [CH2]c1occc1O. The topological polar surface area (TPSA) is 33.4 Å². The highest BCUT2D eigenvalue weighted by Gasteiger charge is 1.92. The van der Waals surface area contributed by atoms with Crippen molar-refractivity contribution in [3.8, 4) is 5.75 Å². The zero-order valence-corrected chi connectivity index (χ0v) is 3.72. The fraction of sp³-hybridized carbons (Fsp3) is 0. The minimum Gasteiger partial charge on any atom is -0.504 e. The lowest BCUT2D eigenvalue weighted by molar-refractivity contribution is 0.450. The highest BCUT2D eigenvalue weighted by Crippen LogP contribution is 2.14. The molecule has 1 N–H and O–H groups in total. The quantitative estimate of drug-likeness (QED) is 0.527. The van der Waals surface area contributed by atoms with Gasteiger partial charge in [0.2, 0.25) is 0 Å². The lowest BCUT2D eigenvalue weighted by Crippen LogP contribution is -1.57. The Bertz CT molecular complexity index is 138. The molecule has 0 fully saturated rings. The average Bonchev–Trinajstić information content (AvgIpc) is 1.91. The smallest absolute Gasteiger partial charge is 0.156 e. The predicted octanol–water partition coefficient (Wildman–Crippen LogP) is 1.17. The van der Waals surface area contributed by atoms with Crippen molar-refractivity contribution in [3.05, 3.63) is 25.0 Å². The lowest BCUT2D eigenvalue weighted by atomic mass is 10.5. The van der Waals surface area contributed by atoms with Crippen molar-refractivity contribution < 1.29 is 9.52 Å². The number of aromatic hydroxyl groups is 1. The van der Waals surface area contributed by atoms with Gasteiger partial charge >= 0.3 is 0 Å². The second-order valence-electron chi connectivity index (χ2n) is 1.23. The van der Waals surface area contributed by atoms with Crippen molar-refractivity contribution in [2.24, 2.45) is 0 Å². The summed E-state index contributed by atoms with van der Waals surface area (Å²) in [6, 6.07) is 1.45. The third-order valence-electron chi connectivity index (χ3n) is 0.722. The molecule has 2 nitrogen and oxygen atoms in total. The molecule has 0 aromatic carbocycles. The summed E-state index contributed by atoms with van der Waals surface area (Å²) >= 11 is 0. The molecule has 0 unspecified atom stereocenters. The van der Waals surface area contributed by atoms with E-state index in [1.54, 1.807) is 0 Å². The highest BCUT2D eigenvalue weighted by molar-refractivity contribution is 5.23. The van der Waals surface area contributed by atoms with Crippen LogP contribution in [0.3, 0.4) is 0 Å². The summed E-state index contributed by atoms with van der Waals surface area (Å²) in [5, 5.41) is 8.60. The van der Waals surface area contributed by atoms with Crippen LogP contribution in [0.5, 0.6) is 5.75 Å². The Labute approximate surface area is 41.4 Å². The zero-order valence-electron chi connectivity index (χ0n) is 3.72. The monoisotopic (exact) mass is 97.0 g/mol. The maximum atomic E-state index is 8.60. The molecule has 37 valence electrons. The predicted molar refractivity (Wildman–Crippen MR) is 24.8 cm³/mol. The molecule has 1 aromatic heterocycles. The van der Waals surface area contributed by atoms with Gasteiger partial charge in [-0.05, 0) is 0 Å². The molecular weight excluding hydrogens is 92.1 g/mol. The minimum atomic E-state index is 0.111. The molecular formula is C5H5O2. The van der Waals surface area contributed by atoms with Crippen molar-refractivity contribution in [1.29, 1.82) is 0 Å². The van der Waals surface area contributed by atoms with Crippen LogP contribution in [0, 0.1) is 6.92 Å². The normalized spacial score (nSPS) is 9.29. The van der Waals surface area contributed by atoms with Crippen LogP contribution >= 0.6 is 0 Å². The molecule has 0 aliphatic rings. The first-order valence-corrected chi connectivity index (χ1v) is 1.89. The Hall–Kier alpha value is -0.920. The molecule has 2 heteroatoms. The molecule has 0 saturated heterocycles. The first kappa shape index (κ1) is 4.24. The lowest BCUT2D eigenvalue weighted by Gasteiger charge is -1.78. The third-order valence-corrected chi connectivity index (χ3v) is 0.722. The van der Waals surface area contributed by atoms with Crippen molar-refractivity contribution in [2.45, 2.75) is 0 Å². The highest BCUT2D eigenvalue weighted by atomic mass is 16.4. The molecule has 0 spiro atoms. The van der Waals surface area contributed by atoms with Crippen LogP contribution < -0.4 is 0 Å². The van der Waals surface area contributed by atoms with E-state index in [0.717, 1.165) is 0 Å². The zero-order chi connectivity index (χ0) is 5.28.